The summed E-state index contributed by atoms with van der Waals surface area (Å²) in [6.07, 6.45) is 1.12. The van der Waals surface area contributed by atoms with Gasteiger partial charge in [0.15, 0.2) is 5.69 Å². The summed E-state index contributed by atoms with van der Waals surface area (Å²) in [6, 6.07) is 1.34. The molecule has 0 aromatic carbocycles. The maximum absolute atomic E-state index is 10.6. The summed E-state index contributed by atoms with van der Waals surface area (Å²) in [7, 11) is 1.55. The first kappa shape index (κ1) is 11.4. The van der Waals surface area contributed by atoms with Crippen LogP contribution in [0.15, 0.2) is 12.3 Å². The Hall–Kier alpha value is -1.69. The lowest BCUT2D eigenvalue weighted by atomic mass is 10.4. The summed E-state index contributed by atoms with van der Waals surface area (Å²) in [6.45, 7) is 2.17. The standard InChI is InChI=1S/C9H12N2O4/c1-6(5-14-2)15-9-10-4-3-7(11-9)8(12)13/h3-4,6H,5H2,1-2H3,(H,12,13). The van der Waals surface area contributed by atoms with E-state index in [-0.39, 0.29) is 17.8 Å². The van der Waals surface area contributed by atoms with Crippen molar-refractivity contribution in [3.63, 3.8) is 0 Å². The highest BCUT2D eigenvalue weighted by molar-refractivity contribution is 5.85. The minimum atomic E-state index is -1.11. The van der Waals surface area contributed by atoms with Crippen molar-refractivity contribution in [2.24, 2.45) is 0 Å². The predicted molar refractivity (Wildman–Crippen MR) is 51.0 cm³/mol. The molecule has 1 heterocycles. The largest absolute Gasteiger partial charge is 0.477 e. The van der Waals surface area contributed by atoms with Gasteiger partial charge in [-0.3, -0.25) is 0 Å². The topological polar surface area (TPSA) is 81.5 Å². The molecule has 1 rings (SSSR count). The summed E-state index contributed by atoms with van der Waals surface area (Å²) >= 11 is 0. The van der Waals surface area contributed by atoms with Gasteiger partial charge in [-0.1, -0.05) is 0 Å². The molecular weight excluding hydrogens is 200 g/mol. The van der Waals surface area contributed by atoms with E-state index in [1.54, 1.807) is 14.0 Å². The number of hydrogen-bond acceptors (Lipinski definition) is 5. The highest BCUT2D eigenvalue weighted by atomic mass is 16.5. The lowest BCUT2D eigenvalue weighted by molar-refractivity contribution is 0.0680. The fraction of sp³-hybridized carbons (Fsp3) is 0.444. The molecule has 0 radical (unpaired) electrons. The van der Waals surface area contributed by atoms with Crippen LogP contribution in [0.5, 0.6) is 6.01 Å². The van der Waals surface area contributed by atoms with Gasteiger partial charge < -0.3 is 14.6 Å². The Bertz CT molecular complexity index is 343. The quantitative estimate of drug-likeness (QED) is 0.769. The molecule has 1 aromatic rings. The Labute approximate surface area is 86.9 Å². The molecule has 0 amide bonds. The van der Waals surface area contributed by atoms with Crippen LogP contribution in [-0.4, -0.2) is 40.9 Å². The number of rotatable bonds is 5. The van der Waals surface area contributed by atoms with Gasteiger partial charge in [0.25, 0.3) is 0 Å². The minimum Gasteiger partial charge on any atom is -0.477 e. The molecule has 82 valence electrons. The molecular formula is C9H12N2O4. The van der Waals surface area contributed by atoms with Crippen LogP contribution in [0.3, 0.4) is 0 Å². The number of methoxy groups -OCH3 is 1. The minimum absolute atomic E-state index is 0.0412. The van der Waals surface area contributed by atoms with Gasteiger partial charge in [0.05, 0.1) is 6.61 Å². The van der Waals surface area contributed by atoms with Crippen molar-refractivity contribution in [3.05, 3.63) is 18.0 Å². The third-order valence-electron chi connectivity index (χ3n) is 1.56. The summed E-state index contributed by atoms with van der Waals surface area (Å²) in [4.78, 5) is 18.1. The second-order valence-corrected chi connectivity index (χ2v) is 2.91. The van der Waals surface area contributed by atoms with Gasteiger partial charge in [-0.15, -0.1) is 0 Å². The van der Waals surface area contributed by atoms with Gasteiger partial charge in [-0.05, 0) is 13.0 Å². The maximum atomic E-state index is 10.6. The first-order valence-electron chi connectivity index (χ1n) is 4.35. The molecule has 0 saturated carbocycles. The maximum Gasteiger partial charge on any atom is 0.354 e. The number of nitrogens with zero attached hydrogens (tertiary/aromatic N) is 2. The van der Waals surface area contributed by atoms with Crippen molar-refractivity contribution in [1.29, 1.82) is 0 Å². The number of carboxylic acids is 1. The normalized spacial score (nSPS) is 12.1. The molecule has 1 N–H and O–H groups in total. The van der Waals surface area contributed by atoms with Crippen molar-refractivity contribution in [2.75, 3.05) is 13.7 Å². The van der Waals surface area contributed by atoms with Crippen molar-refractivity contribution < 1.29 is 19.4 Å². The monoisotopic (exact) mass is 212 g/mol. The average Bonchev–Trinajstić information content (AvgIpc) is 2.18. The molecule has 0 saturated heterocycles. The van der Waals surface area contributed by atoms with E-state index in [2.05, 4.69) is 9.97 Å². The molecule has 0 fully saturated rings. The summed E-state index contributed by atoms with van der Waals surface area (Å²) < 4.78 is 10.1. The molecule has 0 aliphatic carbocycles. The van der Waals surface area contributed by atoms with Crippen molar-refractivity contribution in [1.82, 2.24) is 9.97 Å². The van der Waals surface area contributed by atoms with Crippen LogP contribution in [0.2, 0.25) is 0 Å². The Morgan fingerprint density at radius 2 is 2.40 bits per heavy atom. The van der Waals surface area contributed by atoms with E-state index in [4.69, 9.17) is 14.6 Å². The summed E-state index contributed by atoms with van der Waals surface area (Å²) in [5.74, 6) is -1.11. The van der Waals surface area contributed by atoms with Crippen molar-refractivity contribution >= 4 is 5.97 Å². The fourth-order valence-corrected chi connectivity index (χ4v) is 0.965. The Morgan fingerprint density at radius 3 is 3.00 bits per heavy atom. The van der Waals surface area contributed by atoms with Gasteiger partial charge in [-0.25, -0.2) is 9.78 Å². The molecule has 15 heavy (non-hydrogen) atoms. The average molecular weight is 212 g/mol. The van der Waals surface area contributed by atoms with Crippen LogP contribution in [0.4, 0.5) is 0 Å². The summed E-state index contributed by atoms with van der Waals surface area (Å²) in [5, 5.41) is 8.68. The lowest BCUT2D eigenvalue weighted by Gasteiger charge is -2.11. The number of aromatic carboxylic acids is 1. The molecule has 0 aliphatic heterocycles. The zero-order valence-corrected chi connectivity index (χ0v) is 8.51. The van der Waals surface area contributed by atoms with E-state index in [0.29, 0.717) is 6.61 Å². The summed E-state index contributed by atoms with van der Waals surface area (Å²) in [5.41, 5.74) is -0.0929. The van der Waals surface area contributed by atoms with Crippen LogP contribution in [0, 0.1) is 0 Å². The molecule has 6 nitrogen and oxygen atoms in total. The molecule has 1 unspecified atom stereocenters. The zero-order valence-electron chi connectivity index (χ0n) is 8.51. The van der Waals surface area contributed by atoms with E-state index < -0.39 is 5.97 Å². The molecule has 1 atom stereocenters. The smallest absolute Gasteiger partial charge is 0.354 e. The highest BCUT2D eigenvalue weighted by Crippen LogP contribution is 2.05. The van der Waals surface area contributed by atoms with Crippen LogP contribution in [0.25, 0.3) is 0 Å². The third kappa shape index (κ3) is 3.51. The lowest BCUT2D eigenvalue weighted by Crippen LogP contribution is -2.19. The van der Waals surface area contributed by atoms with Crippen LogP contribution >= 0.6 is 0 Å². The number of aromatic nitrogens is 2. The second kappa shape index (κ2) is 5.26. The Kier molecular flexibility index (Phi) is 3.99. The van der Waals surface area contributed by atoms with Gasteiger partial charge >= 0.3 is 12.0 Å². The SMILES string of the molecule is COCC(C)Oc1nccc(C(=O)O)n1. The van der Waals surface area contributed by atoms with Gasteiger partial charge in [0.2, 0.25) is 0 Å². The van der Waals surface area contributed by atoms with Gasteiger partial charge in [0, 0.05) is 13.3 Å². The Balaban J connectivity index is 2.69. The van der Waals surface area contributed by atoms with E-state index in [1.807, 2.05) is 0 Å². The van der Waals surface area contributed by atoms with Crippen LogP contribution < -0.4 is 4.74 Å². The van der Waals surface area contributed by atoms with E-state index in [0.717, 1.165) is 0 Å². The van der Waals surface area contributed by atoms with Crippen LogP contribution in [-0.2, 0) is 4.74 Å². The van der Waals surface area contributed by atoms with Gasteiger partial charge in [-0.2, -0.15) is 4.98 Å². The third-order valence-corrected chi connectivity index (χ3v) is 1.56. The van der Waals surface area contributed by atoms with E-state index in [1.165, 1.54) is 12.3 Å². The van der Waals surface area contributed by atoms with E-state index in [9.17, 15) is 4.79 Å². The molecule has 0 bridgehead atoms. The Morgan fingerprint density at radius 1 is 1.67 bits per heavy atom. The molecule has 6 heteroatoms. The zero-order chi connectivity index (χ0) is 11.3. The van der Waals surface area contributed by atoms with Crippen LogP contribution in [0.1, 0.15) is 17.4 Å². The van der Waals surface area contributed by atoms with E-state index >= 15 is 0 Å². The molecule has 1 aromatic heterocycles. The van der Waals surface area contributed by atoms with Crippen molar-refractivity contribution in [3.8, 4) is 6.01 Å². The first-order valence-corrected chi connectivity index (χ1v) is 4.35. The fourth-order valence-electron chi connectivity index (χ4n) is 0.965. The number of carboxylic acid groups (broad SMARTS) is 1. The second-order valence-electron chi connectivity index (χ2n) is 2.91. The number of hydrogen-bond donors (Lipinski definition) is 1. The highest BCUT2D eigenvalue weighted by Gasteiger charge is 2.09. The van der Waals surface area contributed by atoms with Gasteiger partial charge in [0.1, 0.15) is 6.10 Å². The first-order chi connectivity index (χ1) is 7.13. The molecule has 0 aliphatic rings. The number of carbonyl (C=O) groups is 1. The molecule has 0 spiro atoms. The predicted octanol–water partition coefficient (Wildman–Crippen LogP) is 0.589. The van der Waals surface area contributed by atoms with Crippen molar-refractivity contribution in [2.45, 2.75) is 13.0 Å². The number of ether oxygens (including phenoxy) is 2.